The number of carbonyl (C=O) groups excluding carboxylic acids is 1. The minimum absolute atomic E-state index is 0.00380. The van der Waals surface area contributed by atoms with Crippen molar-refractivity contribution in [2.24, 2.45) is 0 Å². The number of rotatable bonds is 6. The van der Waals surface area contributed by atoms with E-state index in [9.17, 15) is 22.8 Å². The molecule has 0 spiro atoms. The molecular formula is C12H20F3N3O3. The van der Waals surface area contributed by atoms with Gasteiger partial charge in [-0.1, -0.05) is 0 Å². The molecule has 2 N–H and O–H groups in total. The number of nitrogens with zero attached hydrogens (tertiary/aromatic N) is 2. The van der Waals surface area contributed by atoms with Gasteiger partial charge in [-0.25, -0.2) is 4.79 Å². The third-order valence-electron chi connectivity index (χ3n) is 3.18. The van der Waals surface area contributed by atoms with Crippen LogP contribution in [0.3, 0.4) is 0 Å². The molecule has 0 aromatic carbocycles. The van der Waals surface area contributed by atoms with Crippen molar-refractivity contribution in [2.75, 3.05) is 39.3 Å². The number of halogens is 3. The number of carboxylic acids is 1. The number of alkyl halides is 3. The molecule has 21 heavy (non-hydrogen) atoms. The molecule has 1 aliphatic heterocycles. The van der Waals surface area contributed by atoms with E-state index in [2.05, 4.69) is 5.32 Å². The zero-order chi connectivity index (χ0) is 15.9. The summed E-state index contributed by atoms with van der Waals surface area (Å²) in [7, 11) is 0. The van der Waals surface area contributed by atoms with Gasteiger partial charge in [0.15, 0.2) is 0 Å². The first-order valence-electron chi connectivity index (χ1n) is 6.81. The number of hydrogen-bond donors (Lipinski definition) is 2. The van der Waals surface area contributed by atoms with Gasteiger partial charge in [0.25, 0.3) is 0 Å². The van der Waals surface area contributed by atoms with Crippen molar-refractivity contribution in [3.05, 3.63) is 0 Å². The second-order valence-electron chi connectivity index (χ2n) is 4.96. The number of amides is 2. The first-order valence-corrected chi connectivity index (χ1v) is 6.81. The number of aliphatic carboxylic acids is 1. The van der Waals surface area contributed by atoms with Crippen LogP contribution >= 0.6 is 0 Å². The molecule has 1 rings (SSSR count). The number of carboxylic acid groups (broad SMARTS) is 1. The van der Waals surface area contributed by atoms with Crippen molar-refractivity contribution < 1.29 is 27.9 Å². The van der Waals surface area contributed by atoms with Gasteiger partial charge in [0.2, 0.25) is 0 Å². The normalized spacial score (nSPS) is 16.8. The predicted octanol–water partition coefficient (Wildman–Crippen LogP) is 1.13. The number of piperazine rings is 1. The van der Waals surface area contributed by atoms with E-state index in [1.54, 1.807) is 9.80 Å². The Balaban J connectivity index is 2.12. The fourth-order valence-corrected chi connectivity index (χ4v) is 2.06. The van der Waals surface area contributed by atoms with Gasteiger partial charge < -0.3 is 15.3 Å². The monoisotopic (exact) mass is 311 g/mol. The van der Waals surface area contributed by atoms with Crippen LogP contribution in [-0.4, -0.2) is 72.4 Å². The number of unbranched alkanes of at least 4 members (excludes halogenated alkanes) is 1. The number of hydrogen-bond acceptors (Lipinski definition) is 3. The van der Waals surface area contributed by atoms with Gasteiger partial charge in [0.1, 0.15) is 0 Å². The Labute approximate surface area is 120 Å². The van der Waals surface area contributed by atoms with Gasteiger partial charge in [-0.2, -0.15) is 13.2 Å². The molecule has 0 aromatic rings. The van der Waals surface area contributed by atoms with Gasteiger partial charge in [-0.05, 0) is 12.8 Å². The Morgan fingerprint density at radius 3 is 2.24 bits per heavy atom. The number of nitrogens with one attached hydrogen (secondary N) is 1. The summed E-state index contributed by atoms with van der Waals surface area (Å²) < 4.78 is 35.8. The Kier molecular flexibility index (Phi) is 6.73. The number of urea groups is 1. The molecule has 0 aliphatic carbocycles. The SMILES string of the molecule is O=C(O)CN1CCN(C(=O)NCCCCC(F)(F)F)CC1. The molecule has 1 aliphatic rings. The van der Waals surface area contributed by atoms with Crippen LogP contribution in [0.15, 0.2) is 0 Å². The third-order valence-corrected chi connectivity index (χ3v) is 3.18. The van der Waals surface area contributed by atoms with Crippen LogP contribution in [0.2, 0.25) is 0 Å². The topological polar surface area (TPSA) is 72.9 Å². The first-order chi connectivity index (χ1) is 9.78. The Morgan fingerprint density at radius 2 is 1.71 bits per heavy atom. The summed E-state index contributed by atoms with van der Waals surface area (Å²) in [5, 5.41) is 11.2. The summed E-state index contributed by atoms with van der Waals surface area (Å²) in [4.78, 5) is 25.6. The highest BCUT2D eigenvalue weighted by atomic mass is 19.4. The van der Waals surface area contributed by atoms with E-state index in [0.29, 0.717) is 26.2 Å². The van der Waals surface area contributed by atoms with E-state index in [0.717, 1.165) is 0 Å². The van der Waals surface area contributed by atoms with Crippen molar-refractivity contribution in [3.63, 3.8) is 0 Å². The van der Waals surface area contributed by atoms with Crippen LogP contribution in [0.5, 0.6) is 0 Å². The van der Waals surface area contributed by atoms with E-state index in [1.807, 2.05) is 0 Å². The van der Waals surface area contributed by atoms with Gasteiger partial charge in [-0.3, -0.25) is 9.69 Å². The quantitative estimate of drug-likeness (QED) is 0.721. The zero-order valence-corrected chi connectivity index (χ0v) is 11.7. The standard InChI is InChI=1S/C12H20F3N3O3/c13-12(14,15)3-1-2-4-16-11(21)18-7-5-17(6-8-18)9-10(19)20/h1-9H2,(H,16,21)(H,19,20). The van der Waals surface area contributed by atoms with Crippen LogP contribution < -0.4 is 5.32 Å². The lowest BCUT2D eigenvalue weighted by Crippen LogP contribution is -2.52. The maximum Gasteiger partial charge on any atom is 0.389 e. The molecule has 0 radical (unpaired) electrons. The molecule has 2 amide bonds. The second-order valence-corrected chi connectivity index (χ2v) is 4.96. The smallest absolute Gasteiger partial charge is 0.389 e. The number of carbonyl (C=O) groups is 2. The fraction of sp³-hybridized carbons (Fsp3) is 0.833. The Morgan fingerprint density at radius 1 is 1.10 bits per heavy atom. The Hall–Kier alpha value is -1.51. The van der Waals surface area contributed by atoms with Crippen molar-refractivity contribution in [3.8, 4) is 0 Å². The molecule has 9 heteroatoms. The van der Waals surface area contributed by atoms with Crippen molar-refractivity contribution in [1.82, 2.24) is 15.1 Å². The summed E-state index contributed by atoms with van der Waals surface area (Å²) in [5.41, 5.74) is 0. The van der Waals surface area contributed by atoms with Gasteiger partial charge in [0, 0.05) is 39.1 Å². The molecule has 6 nitrogen and oxygen atoms in total. The summed E-state index contributed by atoms with van der Waals surface area (Å²) in [6.07, 6.45) is -4.71. The maximum absolute atomic E-state index is 11.9. The van der Waals surface area contributed by atoms with E-state index in [4.69, 9.17) is 5.11 Å². The van der Waals surface area contributed by atoms with Gasteiger partial charge >= 0.3 is 18.2 Å². The zero-order valence-electron chi connectivity index (χ0n) is 11.7. The van der Waals surface area contributed by atoms with Crippen LogP contribution in [0.1, 0.15) is 19.3 Å². The highest BCUT2D eigenvalue weighted by Gasteiger charge is 2.26. The van der Waals surface area contributed by atoms with E-state index < -0.39 is 18.6 Å². The third kappa shape index (κ3) is 7.74. The molecule has 0 bridgehead atoms. The van der Waals surface area contributed by atoms with Gasteiger partial charge in [0.05, 0.1) is 6.54 Å². The van der Waals surface area contributed by atoms with Crippen molar-refractivity contribution in [1.29, 1.82) is 0 Å². The second kappa shape index (κ2) is 8.06. The lowest BCUT2D eigenvalue weighted by Gasteiger charge is -2.33. The van der Waals surface area contributed by atoms with Crippen LogP contribution in [0.25, 0.3) is 0 Å². The van der Waals surface area contributed by atoms with E-state index in [1.165, 1.54) is 0 Å². The average Bonchev–Trinajstić information content (AvgIpc) is 2.37. The lowest BCUT2D eigenvalue weighted by molar-refractivity contribution is -0.138. The molecule has 122 valence electrons. The largest absolute Gasteiger partial charge is 0.480 e. The first kappa shape index (κ1) is 17.5. The van der Waals surface area contributed by atoms with Crippen LogP contribution in [0.4, 0.5) is 18.0 Å². The van der Waals surface area contributed by atoms with Crippen LogP contribution in [0, 0.1) is 0 Å². The molecule has 1 saturated heterocycles. The minimum atomic E-state index is -4.15. The molecular weight excluding hydrogens is 291 g/mol. The minimum Gasteiger partial charge on any atom is -0.480 e. The molecule has 1 fully saturated rings. The molecule has 0 unspecified atom stereocenters. The van der Waals surface area contributed by atoms with E-state index >= 15 is 0 Å². The summed E-state index contributed by atoms with van der Waals surface area (Å²) >= 11 is 0. The van der Waals surface area contributed by atoms with E-state index in [-0.39, 0.29) is 32.0 Å². The van der Waals surface area contributed by atoms with Crippen molar-refractivity contribution >= 4 is 12.0 Å². The molecule has 0 saturated carbocycles. The van der Waals surface area contributed by atoms with Crippen molar-refractivity contribution in [2.45, 2.75) is 25.4 Å². The molecule has 0 aromatic heterocycles. The fourth-order valence-electron chi connectivity index (χ4n) is 2.06. The maximum atomic E-state index is 11.9. The summed E-state index contributed by atoms with van der Waals surface area (Å²) in [5.74, 6) is -0.905. The van der Waals surface area contributed by atoms with Gasteiger partial charge in [-0.15, -0.1) is 0 Å². The highest BCUT2D eigenvalue weighted by molar-refractivity contribution is 5.74. The van der Waals surface area contributed by atoms with Crippen LogP contribution in [-0.2, 0) is 4.79 Å². The summed E-state index contributed by atoms with van der Waals surface area (Å²) in [6, 6.07) is -0.308. The molecule has 0 atom stereocenters. The lowest BCUT2D eigenvalue weighted by atomic mass is 10.2. The predicted molar refractivity (Wildman–Crippen MR) is 69.0 cm³/mol. The average molecular weight is 311 g/mol. The summed E-state index contributed by atoms with van der Waals surface area (Å²) in [6.45, 7) is 1.96. The Bertz CT molecular complexity index is 355. The highest BCUT2D eigenvalue weighted by Crippen LogP contribution is 2.21. The molecule has 1 heterocycles.